The Labute approximate surface area is 102 Å². The molecule has 0 N–H and O–H groups in total. The lowest BCUT2D eigenvalue weighted by Crippen LogP contribution is -2.37. The van der Waals surface area contributed by atoms with Crippen molar-refractivity contribution in [2.45, 2.75) is 13.0 Å². The molecule has 2 heterocycles. The molecule has 17 heavy (non-hydrogen) atoms. The lowest BCUT2D eigenvalue weighted by Gasteiger charge is -2.05. The van der Waals surface area contributed by atoms with Gasteiger partial charge in [-0.2, -0.15) is 0 Å². The number of halogens is 1. The van der Waals surface area contributed by atoms with E-state index in [1.807, 2.05) is 0 Å². The van der Waals surface area contributed by atoms with Gasteiger partial charge in [0, 0.05) is 26.5 Å². The highest BCUT2D eigenvalue weighted by Gasteiger charge is 2.13. The van der Waals surface area contributed by atoms with Gasteiger partial charge in [-0.15, -0.1) is 11.6 Å². The molecule has 0 saturated carbocycles. The first-order chi connectivity index (χ1) is 8.07. The van der Waals surface area contributed by atoms with Crippen molar-refractivity contribution in [2.24, 2.45) is 14.1 Å². The summed E-state index contributed by atoms with van der Waals surface area (Å²) in [4.78, 5) is 27.8. The van der Waals surface area contributed by atoms with Crippen LogP contribution in [0.5, 0.6) is 0 Å². The van der Waals surface area contributed by atoms with Crippen molar-refractivity contribution in [2.75, 3.05) is 5.88 Å². The van der Waals surface area contributed by atoms with Gasteiger partial charge in [-0.1, -0.05) is 0 Å². The fourth-order valence-corrected chi connectivity index (χ4v) is 1.92. The van der Waals surface area contributed by atoms with Crippen LogP contribution in [0.2, 0.25) is 0 Å². The van der Waals surface area contributed by atoms with Crippen molar-refractivity contribution in [3.05, 3.63) is 27.2 Å². The standard InChI is InChI=1S/C10H13ClN4O2/c1-13-8-7(9(16)14(2)10(13)17)15(6-12-8)5-3-4-11/h6H,3-5H2,1-2H3. The smallest absolute Gasteiger partial charge is 0.325 e. The van der Waals surface area contributed by atoms with Crippen molar-refractivity contribution in [1.29, 1.82) is 0 Å². The number of aromatic nitrogens is 4. The summed E-state index contributed by atoms with van der Waals surface area (Å²) in [5.74, 6) is 0.520. The summed E-state index contributed by atoms with van der Waals surface area (Å²) in [5.41, 5.74) is 0.160. The number of hydrogen-bond acceptors (Lipinski definition) is 3. The molecule has 0 aliphatic heterocycles. The molecule has 0 spiro atoms. The molecule has 0 fully saturated rings. The van der Waals surface area contributed by atoms with Crippen LogP contribution in [0.25, 0.3) is 11.2 Å². The second kappa shape index (κ2) is 4.37. The molecule has 6 nitrogen and oxygen atoms in total. The zero-order valence-corrected chi connectivity index (χ0v) is 10.4. The Bertz CT molecular complexity index is 667. The minimum Gasteiger partial charge on any atom is -0.325 e. The van der Waals surface area contributed by atoms with Crippen LogP contribution >= 0.6 is 11.6 Å². The average Bonchev–Trinajstić information content (AvgIpc) is 2.75. The van der Waals surface area contributed by atoms with Crippen LogP contribution in [0.15, 0.2) is 15.9 Å². The molecule has 0 bridgehead atoms. The molecule has 2 rings (SSSR count). The van der Waals surface area contributed by atoms with Crippen molar-refractivity contribution in [1.82, 2.24) is 18.7 Å². The van der Waals surface area contributed by atoms with E-state index in [0.29, 0.717) is 23.6 Å². The van der Waals surface area contributed by atoms with Crippen LogP contribution in [-0.4, -0.2) is 24.6 Å². The van der Waals surface area contributed by atoms with E-state index in [1.165, 1.54) is 11.6 Å². The summed E-state index contributed by atoms with van der Waals surface area (Å²) >= 11 is 5.62. The normalized spacial score (nSPS) is 11.2. The molecule has 0 amide bonds. The molecule has 0 unspecified atom stereocenters. The molecule has 0 aliphatic rings. The molecular weight excluding hydrogens is 244 g/mol. The zero-order chi connectivity index (χ0) is 12.6. The lowest BCUT2D eigenvalue weighted by atomic mass is 10.4. The quantitative estimate of drug-likeness (QED) is 0.730. The van der Waals surface area contributed by atoms with Gasteiger partial charge < -0.3 is 4.57 Å². The third kappa shape index (κ3) is 1.78. The maximum atomic E-state index is 12.0. The summed E-state index contributed by atoms with van der Waals surface area (Å²) in [6.45, 7) is 0.618. The summed E-state index contributed by atoms with van der Waals surface area (Å²) < 4.78 is 4.19. The van der Waals surface area contributed by atoms with Crippen molar-refractivity contribution < 1.29 is 0 Å². The molecule has 0 atom stereocenters. The molecule has 2 aromatic rings. The summed E-state index contributed by atoms with van der Waals surface area (Å²) in [7, 11) is 3.06. The molecule has 0 aliphatic carbocycles. The Morgan fingerprint density at radius 3 is 2.65 bits per heavy atom. The Morgan fingerprint density at radius 1 is 1.29 bits per heavy atom. The molecule has 2 aromatic heterocycles. The van der Waals surface area contributed by atoms with Crippen LogP contribution in [0.4, 0.5) is 0 Å². The van der Waals surface area contributed by atoms with Crippen molar-refractivity contribution in [3.63, 3.8) is 0 Å². The van der Waals surface area contributed by atoms with Gasteiger partial charge in [0.05, 0.1) is 6.33 Å². The maximum absolute atomic E-state index is 12.0. The Balaban J connectivity index is 2.77. The topological polar surface area (TPSA) is 61.8 Å². The van der Waals surface area contributed by atoms with E-state index in [1.54, 1.807) is 17.9 Å². The van der Waals surface area contributed by atoms with Crippen LogP contribution in [0.3, 0.4) is 0 Å². The Hall–Kier alpha value is -1.56. The number of imidazole rings is 1. The predicted octanol–water partition coefficient (Wildman–Crippen LogP) is 0.0626. The second-order valence-corrected chi connectivity index (χ2v) is 4.24. The number of aryl methyl sites for hydroxylation is 2. The fraction of sp³-hybridized carbons (Fsp3) is 0.500. The van der Waals surface area contributed by atoms with E-state index in [9.17, 15) is 9.59 Å². The van der Waals surface area contributed by atoms with Crippen LogP contribution in [0, 0.1) is 0 Å². The van der Waals surface area contributed by atoms with Gasteiger partial charge in [-0.3, -0.25) is 13.9 Å². The molecular formula is C10H13ClN4O2. The molecule has 0 saturated heterocycles. The first-order valence-corrected chi connectivity index (χ1v) is 5.78. The van der Waals surface area contributed by atoms with Gasteiger partial charge in [0.2, 0.25) is 0 Å². The molecule has 92 valence electrons. The minimum atomic E-state index is -0.370. The SMILES string of the molecule is Cn1c(=O)c2c(ncn2CCCCl)n(C)c1=O. The van der Waals surface area contributed by atoms with Crippen molar-refractivity contribution >= 4 is 22.8 Å². The Morgan fingerprint density at radius 2 is 2.00 bits per heavy atom. The summed E-state index contributed by atoms with van der Waals surface area (Å²) in [6, 6.07) is 0. The first-order valence-electron chi connectivity index (χ1n) is 5.24. The fourth-order valence-electron chi connectivity index (χ4n) is 1.80. The number of fused-ring (bicyclic) bond motifs is 1. The van der Waals surface area contributed by atoms with E-state index in [-0.39, 0.29) is 11.2 Å². The average molecular weight is 257 g/mol. The van der Waals surface area contributed by atoms with Crippen LogP contribution in [0.1, 0.15) is 6.42 Å². The van der Waals surface area contributed by atoms with Gasteiger partial charge in [0.1, 0.15) is 0 Å². The number of hydrogen-bond donors (Lipinski definition) is 0. The zero-order valence-electron chi connectivity index (χ0n) is 9.68. The third-order valence-electron chi connectivity index (χ3n) is 2.75. The van der Waals surface area contributed by atoms with Gasteiger partial charge >= 0.3 is 5.69 Å². The third-order valence-corrected chi connectivity index (χ3v) is 3.02. The summed E-state index contributed by atoms with van der Waals surface area (Å²) in [6.07, 6.45) is 2.32. The van der Waals surface area contributed by atoms with E-state index in [2.05, 4.69) is 4.98 Å². The van der Waals surface area contributed by atoms with Gasteiger partial charge in [0.25, 0.3) is 5.56 Å². The highest BCUT2D eigenvalue weighted by atomic mass is 35.5. The second-order valence-electron chi connectivity index (χ2n) is 3.86. The first kappa shape index (κ1) is 11.9. The molecule has 0 aromatic carbocycles. The van der Waals surface area contributed by atoms with Crippen LogP contribution < -0.4 is 11.2 Å². The lowest BCUT2D eigenvalue weighted by molar-refractivity contribution is 0.678. The van der Waals surface area contributed by atoms with E-state index < -0.39 is 0 Å². The monoisotopic (exact) mass is 256 g/mol. The Kier molecular flexibility index (Phi) is 3.06. The highest BCUT2D eigenvalue weighted by molar-refractivity contribution is 6.17. The molecule has 7 heteroatoms. The van der Waals surface area contributed by atoms with E-state index >= 15 is 0 Å². The number of nitrogens with zero attached hydrogens (tertiary/aromatic N) is 4. The number of rotatable bonds is 3. The van der Waals surface area contributed by atoms with Gasteiger partial charge in [-0.25, -0.2) is 9.78 Å². The van der Waals surface area contributed by atoms with Crippen molar-refractivity contribution in [3.8, 4) is 0 Å². The van der Waals surface area contributed by atoms with E-state index in [0.717, 1.165) is 11.0 Å². The predicted molar refractivity (Wildman–Crippen MR) is 65.6 cm³/mol. The van der Waals surface area contributed by atoms with Gasteiger partial charge in [-0.05, 0) is 6.42 Å². The van der Waals surface area contributed by atoms with E-state index in [4.69, 9.17) is 11.6 Å². The number of alkyl halides is 1. The minimum absolute atomic E-state index is 0.324. The van der Waals surface area contributed by atoms with Crippen LogP contribution in [-0.2, 0) is 20.6 Å². The van der Waals surface area contributed by atoms with Gasteiger partial charge in [0.15, 0.2) is 11.2 Å². The summed E-state index contributed by atoms with van der Waals surface area (Å²) in [5, 5.41) is 0. The largest absolute Gasteiger partial charge is 0.332 e. The highest BCUT2D eigenvalue weighted by Crippen LogP contribution is 2.06. The molecule has 0 radical (unpaired) electrons. The maximum Gasteiger partial charge on any atom is 0.332 e.